The van der Waals surface area contributed by atoms with E-state index in [4.69, 9.17) is 0 Å². The van der Waals surface area contributed by atoms with Gasteiger partial charge in [-0.05, 0) is 37.1 Å². The summed E-state index contributed by atoms with van der Waals surface area (Å²) in [6.07, 6.45) is 5.41. The van der Waals surface area contributed by atoms with E-state index in [-0.39, 0.29) is 12.5 Å². The average molecular weight is 452 g/mol. The molecule has 1 fully saturated rings. The van der Waals surface area contributed by atoms with Gasteiger partial charge in [-0.15, -0.1) is 11.3 Å². The molecule has 2 aromatic rings. The van der Waals surface area contributed by atoms with E-state index < -0.39 is 21.5 Å². The molecule has 10 heteroatoms. The van der Waals surface area contributed by atoms with Crippen LogP contribution in [-0.2, 0) is 10.0 Å². The molecule has 3 rings (SSSR count). The molecule has 1 aliphatic rings. The van der Waals surface area contributed by atoms with Crippen LogP contribution in [0.5, 0.6) is 0 Å². The van der Waals surface area contributed by atoms with Crippen LogP contribution in [0.15, 0.2) is 35.7 Å². The highest BCUT2D eigenvalue weighted by molar-refractivity contribution is 7.92. The maximum absolute atomic E-state index is 12.5. The first-order valence-electron chi connectivity index (χ1n) is 9.62. The fourth-order valence-corrected chi connectivity index (χ4v) is 4.71. The van der Waals surface area contributed by atoms with Gasteiger partial charge in [0.25, 0.3) is 11.8 Å². The van der Waals surface area contributed by atoms with Gasteiger partial charge < -0.3 is 15.7 Å². The van der Waals surface area contributed by atoms with Crippen molar-refractivity contribution in [2.45, 2.75) is 37.7 Å². The summed E-state index contributed by atoms with van der Waals surface area (Å²) in [5.41, 5.74) is 0.265. The molecule has 162 valence electrons. The normalized spacial score (nSPS) is 15.9. The van der Waals surface area contributed by atoms with Crippen molar-refractivity contribution in [1.29, 1.82) is 0 Å². The van der Waals surface area contributed by atoms with Gasteiger partial charge in [0.2, 0.25) is 10.0 Å². The minimum Gasteiger partial charge on any atom is -0.388 e. The van der Waals surface area contributed by atoms with Crippen LogP contribution in [-0.4, -0.2) is 43.7 Å². The highest BCUT2D eigenvalue weighted by atomic mass is 32.2. The van der Waals surface area contributed by atoms with E-state index in [1.807, 2.05) is 0 Å². The summed E-state index contributed by atoms with van der Waals surface area (Å²) in [7, 11) is -3.42. The summed E-state index contributed by atoms with van der Waals surface area (Å²) in [4.78, 5) is 25.2. The van der Waals surface area contributed by atoms with Crippen molar-refractivity contribution in [3.8, 4) is 0 Å². The minimum atomic E-state index is -3.42. The van der Waals surface area contributed by atoms with E-state index in [0.29, 0.717) is 34.7 Å². The summed E-state index contributed by atoms with van der Waals surface area (Å²) in [5.74, 6) is -0.731. The summed E-state index contributed by atoms with van der Waals surface area (Å²) >= 11 is 1.13. The SMILES string of the molecule is CS(=O)(=O)Nc1cccc(NC(=O)c2cc(C(=O)NCC3(O)CCCCC3)cs2)c1. The molecule has 0 radical (unpaired) electrons. The van der Waals surface area contributed by atoms with E-state index in [1.54, 1.807) is 23.6 Å². The molecule has 0 unspecified atom stereocenters. The Balaban J connectivity index is 1.59. The Morgan fingerprint density at radius 1 is 1.10 bits per heavy atom. The molecule has 0 bridgehead atoms. The molecule has 2 amide bonds. The van der Waals surface area contributed by atoms with E-state index in [0.717, 1.165) is 36.9 Å². The van der Waals surface area contributed by atoms with Crippen LogP contribution in [0.2, 0.25) is 0 Å². The molecule has 0 aliphatic heterocycles. The Bertz CT molecular complexity index is 1030. The minimum absolute atomic E-state index is 0.198. The van der Waals surface area contributed by atoms with Gasteiger partial charge in [-0.3, -0.25) is 14.3 Å². The maximum atomic E-state index is 12.5. The molecular weight excluding hydrogens is 426 g/mol. The number of thiophene rings is 1. The number of aliphatic hydroxyl groups is 1. The molecule has 1 aromatic heterocycles. The lowest BCUT2D eigenvalue weighted by Gasteiger charge is -2.32. The highest BCUT2D eigenvalue weighted by Gasteiger charge is 2.29. The van der Waals surface area contributed by atoms with E-state index in [9.17, 15) is 23.1 Å². The van der Waals surface area contributed by atoms with Crippen molar-refractivity contribution in [3.05, 3.63) is 46.2 Å². The first-order chi connectivity index (χ1) is 14.1. The number of hydrogen-bond acceptors (Lipinski definition) is 6. The third-order valence-corrected chi connectivity index (χ3v) is 6.41. The van der Waals surface area contributed by atoms with Crippen molar-refractivity contribution in [1.82, 2.24) is 5.32 Å². The molecule has 1 aliphatic carbocycles. The molecular formula is C20H25N3O5S2. The van der Waals surface area contributed by atoms with Crippen LogP contribution < -0.4 is 15.4 Å². The highest BCUT2D eigenvalue weighted by Crippen LogP contribution is 2.27. The Kier molecular flexibility index (Phi) is 6.79. The third kappa shape index (κ3) is 6.28. The molecule has 8 nitrogen and oxygen atoms in total. The lowest BCUT2D eigenvalue weighted by Crippen LogP contribution is -2.44. The predicted octanol–water partition coefficient (Wildman–Crippen LogP) is 2.80. The van der Waals surface area contributed by atoms with Crippen LogP contribution in [0.25, 0.3) is 0 Å². The lowest BCUT2D eigenvalue weighted by molar-refractivity contribution is 0.00526. The zero-order valence-corrected chi connectivity index (χ0v) is 18.2. The van der Waals surface area contributed by atoms with Crippen LogP contribution in [0.3, 0.4) is 0 Å². The van der Waals surface area contributed by atoms with Crippen molar-refractivity contribution in [2.24, 2.45) is 0 Å². The van der Waals surface area contributed by atoms with Gasteiger partial charge >= 0.3 is 0 Å². The Morgan fingerprint density at radius 3 is 2.50 bits per heavy atom. The van der Waals surface area contributed by atoms with Crippen molar-refractivity contribution in [3.63, 3.8) is 0 Å². The van der Waals surface area contributed by atoms with Crippen molar-refractivity contribution < 1.29 is 23.1 Å². The Morgan fingerprint density at radius 2 is 1.80 bits per heavy atom. The topological polar surface area (TPSA) is 125 Å². The van der Waals surface area contributed by atoms with Gasteiger partial charge in [0.15, 0.2) is 0 Å². The fraction of sp³-hybridized carbons (Fsp3) is 0.400. The van der Waals surface area contributed by atoms with Crippen molar-refractivity contribution >= 4 is 44.5 Å². The quantitative estimate of drug-likeness (QED) is 0.515. The monoisotopic (exact) mass is 451 g/mol. The number of hydrogen-bond donors (Lipinski definition) is 4. The molecule has 0 spiro atoms. The molecule has 4 N–H and O–H groups in total. The number of rotatable bonds is 7. The number of benzene rings is 1. The zero-order chi connectivity index (χ0) is 21.8. The van der Waals surface area contributed by atoms with E-state index in [2.05, 4.69) is 15.4 Å². The second-order valence-corrected chi connectivity index (χ2v) is 10.2. The van der Waals surface area contributed by atoms with Crippen LogP contribution in [0.4, 0.5) is 11.4 Å². The first kappa shape index (κ1) is 22.3. The second kappa shape index (κ2) is 9.15. The fourth-order valence-electron chi connectivity index (χ4n) is 3.38. The Hall–Kier alpha value is -2.43. The molecule has 1 saturated carbocycles. The molecule has 0 atom stereocenters. The third-order valence-electron chi connectivity index (χ3n) is 4.87. The smallest absolute Gasteiger partial charge is 0.265 e. The number of sulfonamides is 1. The summed E-state index contributed by atoms with van der Waals surface area (Å²) < 4.78 is 25.0. The van der Waals surface area contributed by atoms with Gasteiger partial charge in [0, 0.05) is 17.6 Å². The molecule has 1 aromatic carbocycles. The summed E-state index contributed by atoms with van der Waals surface area (Å²) in [5, 5.41) is 17.5. The predicted molar refractivity (Wildman–Crippen MR) is 118 cm³/mol. The van der Waals surface area contributed by atoms with E-state index in [1.165, 1.54) is 12.1 Å². The van der Waals surface area contributed by atoms with Crippen molar-refractivity contribution in [2.75, 3.05) is 22.8 Å². The standard InChI is InChI=1S/C20H25N3O5S2/c1-30(27,28)23-16-7-5-6-15(11-16)22-19(25)17-10-14(12-29-17)18(24)21-13-20(26)8-3-2-4-9-20/h5-7,10-12,23,26H,2-4,8-9,13H2,1H3,(H,21,24)(H,22,25). The van der Waals surface area contributed by atoms with Crippen LogP contribution in [0.1, 0.15) is 52.1 Å². The van der Waals surface area contributed by atoms with E-state index >= 15 is 0 Å². The molecule has 30 heavy (non-hydrogen) atoms. The first-order valence-corrected chi connectivity index (χ1v) is 12.4. The largest absolute Gasteiger partial charge is 0.388 e. The van der Waals surface area contributed by atoms with Gasteiger partial charge in [0.05, 0.1) is 28.0 Å². The maximum Gasteiger partial charge on any atom is 0.265 e. The number of carbonyl (C=O) groups excluding carboxylic acids is 2. The molecule has 0 saturated heterocycles. The van der Waals surface area contributed by atoms with Gasteiger partial charge in [-0.2, -0.15) is 0 Å². The Labute approximate surface area is 179 Å². The summed E-state index contributed by atoms with van der Waals surface area (Å²) in [6, 6.07) is 7.83. The second-order valence-electron chi connectivity index (χ2n) is 7.58. The average Bonchev–Trinajstić information content (AvgIpc) is 3.16. The van der Waals surface area contributed by atoms with Crippen LogP contribution >= 0.6 is 11.3 Å². The number of nitrogens with one attached hydrogen (secondary N) is 3. The number of anilines is 2. The summed E-state index contributed by atoms with van der Waals surface area (Å²) in [6.45, 7) is 0.198. The van der Waals surface area contributed by atoms with Gasteiger partial charge in [-0.25, -0.2) is 8.42 Å². The number of amides is 2. The van der Waals surface area contributed by atoms with Gasteiger partial charge in [0.1, 0.15) is 0 Å². The number of carbonyl (C=O) groups is 2. The zero-order valence-electron chi connectivity index (χ0n) is 16.6. The van der Waals surface area contributed by atoms with Crippen LogP contribution in [0, 0.1) is 0 Å². The van der Waals surface area contributed by atoms with Gasteiger partial charge in [-0.1, -0.05) is 25.3 Å². The molecule has 1 heterocycles. The lowest BCUT2D eigenvalue weighted by atomic mass is 9.85.